The summed E-state index contributed by atoms with van der Waals surface area (Å²) >= 11 is 0. The fraction of sp³-hybridized carbons (Fsp3) is 0. The van der Waals surface area contributed by atoms with Gasteiger partial charge in [0.05, 0.1) is 6.85 Å². The van der Waals surface area contributed by atoms with Crippen molar-refractivity contribution in [2.75, 3.05) is 5.32 Å². The van der Waals surface area contributed by atoms with Crippen LogP contribution in [-0.2, 0) is 0 Å². The summed E-state index contributed by atoms with van der Waals surface area (Å²) in [4.78, 5) is 0. The van der Waals surface area contributed by atoms with Gasteiger partial charge >= 0.3 is 0 Å². The molecule has 0 radical (unpaired) electrons. The van der Waals surface area contributed by atoms with Crippen molar-refractivity contribution >= 4 is 11.4 Å². The predicted octanol–water partition coefficient (Wildman–Crippen LogP) is 5.10. The molecule has 0 atom stereocenters. The second kappa shape index (κ2) is 5.40. The summed E-state index contributed by atoms with van der Waals surface area (Å²) in [6.45, 7) is 0. The molecule has 0 aliphatic heterocycles. The normalized spacial score (nSPS) is 13.8. The number of rotatable bonds is 3. The monoisotopic (exact) mass is 250 g/mol. The first-order chi connectivity index (χ1) is 11.5. The molecule has 0 aliphatic carbocycles. The van der Waals surface area contributed by atoms with E-state index in [4.69, 9.17) is 6.85 Å². The van der Waals surface area contributed by atoms with Gasteiger partial charge in [0.15, 0.2) is 0 Å². The molecule has 0 spiro atoms. The highest BCUT2D eigenvalue weighted by molar-refractivity contribution is 5.68. The summed E-state index contributed by atoms with van der Waals surface area (Å²) in [5.74, 6) is 0. The molecule has 0 aliphatic rings. The lowest BCUT2D eigenvalue weighted by Gasteiger charge is -2.07. The van der Waals surface area contributed by atoms with Crippen molar-refractivity contribution in [2.24, 2.45) is 0 Å². The van der Waals surface area contributed by atoms with Gasteiger partial charge in [0.2, 0.25) is 0 Å². The molecule has 3 rings (SSSR count). The van der Waals surface area contributed by atoms with Crippen LogP contribution < -0.4 is 5.32 Å². The Morgan fingerprint density at radius 2 is 1.26 bits per heavy atom. The van der Waals surface area contributed by atoms with Gasteiger partial charge in [-0.05, 0) is 35.4 Å². The average Bonchev–Trinajstić information content (AvgIpc) is 2.61. The lowest BCUT2D eigenvalue weighted by atomic mass is 10.1. The molecule has 1 heteroatoms. The number of hydrogen-bond donors (Lipinski definition) is 1. The highest BCUT2D eigenvalue weighted by Gasteiger charge is 1.97. The highest BCUT2D eigenvalue weighted by atomic mass is 14.9. The van der Waals surface area contributed by atoms with Crippen LogP contribution in [0.15, 0.2) is 84.8 Å². The van der Waals surface area contributed by atoms with E-state index < -0.39 is 0 Å². The Hall–Kier alpha value is -2.54. The molecule has 0 unspecified atom stereocenters. The third kappa shape index (κ3) is 2.83. The molecule has 0 aromatic heterocycles. The topological polar surface area (TPSA) is 12.0 Å². The predicted molar refractivity (Wildman–Crippen MR) is 81.6 cm³/mol. The molecule has 0 heterocycles. The van der Waals surface area contributed by atoms with E-state index in [1.54, 1.807) is 12.1 Å². The lowest BCUT2D eigenvalue weighted by Crippen LogP contribution is -1.89. The fourth-order valence-corrected chi connectivity index (χ4v) is 1.80. The zero-order chi connectivity index (χ0) is 17.3. The van der Waals surface area contributed by atoms with E-state index in [0.717, 1.165) is 11.4 Å². The maximum Gasteiger partial charge on any atom is 0.0629 e. The van der Waals surface area contributed by atoms with Crippen LogP contribution in [0.25, 0.3) is 11.1 Å². The van der Waals surface area contributed by atoms with Crippen LogP contribution >= 0.6 is 0 Å². The number of para-hydroxylation sites is 1. The van der Waals surface area contributed by atoms with Crippen molar-refractivity contribution in [3.63, 3.8) is 0 Å². The van der Waals surface area contributed by atoms with Crippen molar-refractivity contribution in [3.05, 3.63) is 84.8 Å². The highest BCUT2D eigenvalue weighted by Crippen LogP contribution is 2.22. The van der Waals surface area contributed by atoms with Crippen LogP contribution in [0, 0.1) is 0 Å². The van der Waals surface area contributed by atoms with Crippen molar-refractivity contribution in [3.8, 4) is 11.1 Å². The van der Waals surface area contributed by atoms with E-state index in [-0.39, 0.29) is 35.8 Å². The van der Waals surface area contributed by atoms with Gasteiger partial charge in [0.1, 0.15) is 0 Å². The maximum atomic E-state index is 8.02. The second-order valence-corrected chi connectivity index (χ2v) is 4.07. The first-order valence-corrected chi connectivity index (χ1v) is 5.98. The van der Waals surface area contributed by atoms with E-state index in [1.165, 1.54) is 0 Å². The summed E-state index contributed by atoms with van der Waals surface area (Å²) in [5, 5.41) is 3.25. The molecule has 0 saturated carbocycles. The molecule has 0 saturated heterocycles. The fourth-order valence-electron chi connectivity index (χ4n) is 1.80. The summed E-state index contributed by atoms with van der Waals surface area (Å²) in [5.41, 5.74) is 2.61. The van der Waals surface area contributed by atoms with Gasteiger partial charge in [-0.25, -0.2) is 0 Å². The van der Waals surface area contributed by atoms with E-state index in [2.05, 4.69) is 5.32 Å². The average molecular weight is 250 g/mol. The van der Waals surface area contributed by atoms with Gasteiger partial charge < -0.3 is 5.32 Å². The Morgan fingerprint density at radius 1 is 0.632 bits per heavy atom. The Balaban J connectivity index is 1.97. The van der Waals surface area contributed by atoms with E-state index >= 15 is 0 Å². The van der Waals surface area contributed by atoms with E-state index in [0.29, 0.717) is 5.56 Å². The molecule has 1 N–H and O–H groups in total. The van der Waals surface area contributed by atoms with Crippen LogP contribution in [0.4, 0.5) is 11.4 Å². The van der Waals surface area contributed by atoms with Crippen molar-refractivity contribution in [1.82, 2.24) is 0 Å². The first-order valence-electron chi connectivity index (χ1n) is 8.48. The van der Waals surface area contributed by atoms with Crippen molar-refractivity contribution in [2.45, 2.75) is 0 Å². The van der Waals surface area contributed by atoms with Crippen LogP contribution in [0.3, 0.4) is 0 Å². The molecule has 1 nitrogen and oxygen atoms in total. The lowest BCUT2D eigenvalue weighted by molar-refractivity contribution is 1.54. The zero-order valence-corrected chi connectivity index (χ0v) is 10.2. The number of anilines is 2. The van der Waals surface area contributed by atoms with E-state index in [9.17, 15) is 0 Å². The molecule has 3 aromatic carbocycles. The van der Waals surface area contributed by atoms with Crippen LogP contribution in [0.1, 0.15) is 6.85 Å². The largest absolute Gasteiger partial charge is 0.356 e. The third-order valence-corrected chi connectivity index (χ3v) is 2.74. The molecular formula is C18H15N. The van der Waals surface area contributed by atoms with Crippen LogP contribution in [-0.4, -0.2) is 0 Å². The zero-order valence-electron chi connectivity index (χ0n) is 15.2. The van der Waals surface area contributed by atoms with Gasteiger partial charge in [-0.3, -0.25) is 0 Å². The quantitative estimate of drug-likeness (QED) is 0.682. The number of hydrogen-bond acceptors (Lipinski definition) is 1. The number of benzene rings is 3. The molecule has 3 aromatic rings. The smallest absolute Gasteiger partial charge is 0.0629 e. The Kier molecular flexibility index (Phi) is 2.03. The second-order valence-electron chi connectivity index (χ2n) is 4.07. The third-order valence-electron chi connectivity index (χ3n) is 2.74. The molecule has 0 amide bonds. The minimum Gasteiger partial charge on any atom is -0.356 e. The summed E-state index contributed by atoms with van der Waals surface area (Å²) in [6, 6.07) is 15.4. The minimum atomic E-state index is -0.379. The molecule has 19 heavy (non-hydrogen) atoms. The SMILES string of the molecule is [2H]c1c([2H])c([2H])c(-c2ccc(Nc3ccccc3)cc2)c([2H])c1[2H]. The van der Waals surface area contributed by atoms with E-state index in [1.807, 2.05) is 42.5 Å². The molecule has 0 fully saturated rings. The standard InChI is InChI=1S/C18H15N/c1-3-7-15(8-4-1)16-11-13-18(14-12-16)19-17-9-5-2-6-10-17/h1-14,19H/i1D,3D,4D,7D,8D. The van der Waals surface area contributed by atoms with Gasteiger partial charge in [-0.1, -0.05) is 60.5 Å². The Labute approximate surface area is 120 Å². The Morgan fingerprint density at radius 3 is 1.95 bits per heavy atom. The minimum absolute atomic E-state index is 0.190. The summed E-state index contributed by atoms with van der Waals surface area (Å²) in [6.07, 6.45) is 0. The van der Waals surface area contributed by atoms with Gasteiger partial charge in [-0.15, -0.1) is 0 Å². The summed E-state index contributed by atoms with van der Waals surface area (Å²) in [7, 11) is 0. The van der Waals surface area contributed by atoms with Crippen LogP contribution in [0.5, 0.6) is 0 Å². The maximum absolute atomic E-state index is 8.02. The van der Waals surface area contributed by atoms with Crippen molar-refractivity contribution < 1.29 is 6.85 Å². The van der Waals surface area contributed by atoms with Gasteiger partial charge in [0, 0.05) is 11.4 Å². The van der Waals surface area contributed by atoms with Gasteiger partial charge in [0.25, 0.3) is 0 Å². The van der Waals surface area contributed by atoms with Gasteiger partial charge in [-0.2, -0.15) is 0 Å². The number of nitrogens with one attached hydrogen (secondary N) is 1. The van der Waals surface area contributed by atoms with Crippen molar-refractivity contribution in [1.29, 1.82) is 0 Å². The Bertz CT molecular complexity index is 847. The molecular weight excluding hydrogens is 230 g/mol. The molecule has 92 valence electrons. The first kappa shape index (κ1) is 7.15. The summed E-state index contributed by atoms with van der Waals surface area (Å²) < 4.78 is 39.2. The molecule has 0 bridgehead atoms. The van der Waals surface area contributed by atoms with Crippen LogP contribution in [0.2, 0.25) is 0 Å².